The standard InChI is InChI=1S/C16H15N3O/c1-2-20-14-10-6-9-13-15(14)16(18-11-17-13)19-12-7-4-3-5-8-12/h3-11H,2H2,1H3,(H,17,18,19). The average Bonchev–Trinajstić information content (AvgIpc) is 2.49. The van der Waals surface area contributed by atoms with E-state index in [-0.39, 0.29) is 0 Å². The molecule has 0 fully saturated rings. The Balaban J connectivity index is 2.10. The summed E-state index contributed by atoms with van der Waals surface area (Å²) >= 11 is 0. The Morgan fingerprint density at radius 2 is 1.85 bits per heavy atom. The molecule has 20 heavy (non-hydrogen) atoms. The molecule has 0 atom stereocenters. The van der Waals surface area contributed by atoms with Crippen LogP contribution in [0.1, 0.15) is 6.92 Å². The van der Waals surface area contributed by atoms with Crippen LogP contribution in [0.4, 0.5) is 11.5 Å². The first kappa shape index (κ1) is 12.4. The fourth-order valence-corrected chi connectivity index (χ4v) is 2.11. The maximum Gasteiger partial charge on any atom is 0.145 e. The molecular weight excluding hydrogens is 250 g/mol. The second-order valence-corrected chi connectivity index (χ2v) is 4.30. The number of nitrogens with one attached hydrogen (secondary N) is 1. The number of hydrogen-bond acceptors (Lipinski definition) is 4. The molecule has 3 rings (SSSR count). The zero-order chi connectivity index (χ0) is 13.8. The van der Waals surface area contributed by atoms with Crippen LogP contribution in [0, 0.1) is 0 Å². The van der Waals surface area contributed by atoms with Gasteiger partial charge in [0.05, 0.1) is 17.5 Å². The van der Waals surface area contributed by atoms with Crippen molar-refractivity contribution < 1.29 is 4.74 Å². The van der Waals surface area contributed by atoms with E-state index in [1.54, 1.807) is 6.33 Å². The minimum atomic E-state index is 0.610. The van der Waals surface area contributed by atoms with Gasteiger partial charge < -0.3 is 10.1 Å². The second-order valence-electron chi connectivity index (χ2n) is 4.30. The third-order valence-corrected chi connectivity index (χ3v) is 2.96. The lowest BCUT2D eigenvalue weighted by molar-refractivity contribution is 0.344. The van der Waals surface area contributed by atoms with Crippen LogP contribution in [0.3, 0.4) is 0 Å². The lowest BCUT2D eigenvalue weighted by Crippen LogP contribution is -1.99. The average molecular weight is 265 g/mol. The number of rotatable bonds is 4. The molecule has 1 N–H and O–H groups in total. The molecule has 0 aliphatic heterocycles. The molecule has 3 aromatic rings. The van der Waals surface area contributed by atoms with Gasteiger partial charge in [-0.15, -0.1) is 0 Å². The summed E-state index contributed by atoms with van der Waals surface area (Å²) < 4.78 is 5.68. The number of hydrogen-bond donors (Lipinski definition) is 1. The van der Waals surface area contributed by atoms with Gasteiger partial charge in [-0.1, -0.05) is 24.3 Å². The Labute approximate surface area is 117 Å². The second kappa shape index (κ2) is 5.57. The highest BCUT2D eigenvalue weighted by molar-refractivity contribution is 5.95. The molecule has 100 valence electrons. The maximum atomic E-state index is 5.68. The van der Waals surface area contributed by atoms with Gasteiger partial charge in [-0.2, -0.15) is 0 Å². The summed E-state index contributed by atoms with van der Waals surface area (Å²) in [6, 6.07) is 15.8. The van der Waals surface area contributed by atoms with E-state index >= 15 is 0 Å². The van der Waals surface area contributed by atoms with Crippen LogP contribution in [0.5, 0.6) is 5.75 Å². The van der Waals surface area contributed by atoms with Crippen molar-refractivity contribution >= 4 is 22.4 Å². The van der Waals surface area contributed by atoms with Crippen molar-refractivity contribution in [3.63, 3.8) is 0 Å². The van der Waals surface area contributed by atoms with E-state index < -0.39 is 0 Å². The quantitative estimate of drug-likeness (QED) is 0.780. The summed E-state index contributed by atoms with van der Waals surface area (Å²) in [5.74, 6) is 1.55. The highest BCUT2D eigenvalue weighted by Gasteiger charge is 2.09. The van der Waals surface area contributed by atoms with Crippen molar-refractivity contribution in [3.8, 4) is 5.75 Å². The molecule has 0 aliphatic rings. The van der Waals surface area contributed by atoms with E-state index in [9.17, 15) is 0 Å². The third kappa shape index (κ3) is 2.40. The van der Waals surface area contributed by atoms with Crippen molar-refractivity contribution in [1.82, 2.24) is 9.97 Å². The summed E-state index contributed by atoms with van der Waals surface area (Å²) in [6.07, 6.45) is 1.56. The minimum absolute atomic E-state index is 0.610. The molecule has 0 bridgehead atoms. The number of anilines is 2. The third-order valence-electron chi connectivity index (χ3n) is 2.96. The van der Waals surface area contributed by atoms with E-state index in [1.165, 1.54) is 0 Å². The van der Waals surface area contributed by atoms with Gasteiger partial charge in [0.2, 0.25) is 0 Å². The number of para-hydroxylation sites is 1. The largest absolute Gasteiger partial charge is 0.493 e. The predicted molar refractivity (Wildman–Crippen MR) is 80.4 cm³/mol. The zero-order valence-corrected chi connectivity index (χ0v) is 11.2. The Hall–Kier alpha value is -2.62. The normalized spacial score (nSPS) is 10.4. The molecule has 2 aromatic carbocycles. The molecule has 0 aliphatic carbocycles. The summed E-state index contributed by atoms with van der Waals surface area (Å²) in [7, 11) is 0. The molecule has 4 nitrogen and oxygen atoms in total. The first-order valence-electron chi connectivity index (χ1n) is 6.57. The smallest absolute Gasteiger partial charge is 0.145 e. The van der Waals surface area contributed by atoms with Crippen LogP contribution in [0.2, 0.25) is 0 Å². The van der Waals surface area contributed by atoms with Gasteiger partial charge >= 0.3 is 0 Å². The summed E-state index contributed by atoms with van der Waals surface area (Å²) in [6.45, 7) is 2.58. The number of benzene rings is 2. The van der Waals surface area contributed by atoms with Crippen LogP contribution in [-0.2, 0) is 0 Å². The number of ether oxygens (including phenoxy) is 1. The molecule has 1 heterocycles. The molecule has 0 radical (unpaired) electrons. The molecule has 0 saturated heterocycles. The highest BCUT2D eigenvalue weighted by Crippen LogP contribution is 2.31. The molecule has 0 amide bonds. The molecule has 4 heteroatoms. The fraction of sp³-hybridized carbons (Fsp3) is 0.125. The number of fused-ring (bicyclic) bond motifs is 1. The predicted octanol–water partition coefficient (Wildman–Crippen LogP) is 3.77. The van der Waals surface area contributed by atoms with Gasteiger partial charge in [-0.25, -0.2) is 9.97 Å². The van der Waals surface area contributed by atoms with E-state index in [2.05, 4.69) is 15.3 Å². The lowest BCUT2D eigenvalue weighted by atomic mass is 10.2. The Morgan fingerprint density at radius 3 is 2.65 bits per heavy atom. The van der Waals surface area contributed by atoms with Gasteiger partial charge in [-0.05, 0) is 31.2 Å². The Kier molecular flexibility index (Phi) is 3.46. The van der Waals surface area contributed by atoms with Crippen LogP contribution < -0.4 is 10.1 Å². The van der Waals surface area contributed by atoms with Crippen LogP contribution in [0.25, 0.3) is 10.9 Å². The van der Waals surface area contributed by atoms with E-state index in [1.807, 2.05) is 55.5 Å². The lowest BCUT2D eigenvalue weighted by Gasteiger charge is -2.12. The highest BCUT2D eigenvalue weighted by atomic mass is 16.5. The maximum absolute atomic E-state index is 5.68. The molecule has 0 unspecified atom stereocenters. The Morgan fingerprint density at radius 1 is 1.00 bits per heavy atom. The fourth-order valence-electron chi connectivity index (χ4n) is 2.11. The van der Waals surface area contributed by atoms with Crippen molar-refractivity contribution in [2.24, 2.45) is 0 Å². The van der Waals surface area contributed by atoms with Gasteiger partial charge in [0.25, 0.3) is 0 Å². The number of aromatic nitrogens is 2. The van der Waals surface area contributed by atoms with E-state index in [0.29, 0.717) is 6.61 Å². The van der Waals surface area contributed by atoms with Crippen molar-refractivity contribution in [2.75, 3.05) is 11.9 Å². The first-order chi connectivity index (χ1) is 9.88. The first-order valence-corrected chi connectivity index (χ1v) is 6.57. The van der Waals surface area contributed by atoms with Crippen molar-refractivity contribution in [1.29, 1.82) is 0 Å². The molecule has 1 aromatic heterocycles. The van der Waals surface area contributed by atoms with Gasteiger partial charge in [-0.3, -0.25) is 0 Å². The Bertz CT molecular complexity index is 708. The summed E-state index contributed by atoms with van der Waals surface area (Å²) in [5.41, 5.74) is 1.85. The van der Waals surface area contributed by atoms with E-state index in [0.717, 1.165) is 28.2 Å². The zero-order valence-electron chi connectivity index (χ0n) is 11.2. The molecule has 0 spiro atoms. The molecule has 0 saturated carbocycles. The summed E-state index contributed by atoms with van der Waals surface area (Å²) in [4.78, 5) is 8.64. The van der Waals surface area contributed by atoms with Crippen LogP contribution in [0.15, 0.2) is 54.9 Å². The summed E-state index contributed by atoms with van der Waals surface area (Å²) in [5, 5.41) is 4.22. The van der Waals surface area contributed by atoms with Crippen molar-refractivity contribution in [3.05, 3.63) is 54.9 Å². The van der Waals surface area contributed by atoms with Gasteiger partial charge in [0, 0.05) is 5.69 Å². The van der Waals surface area contributed by atoms with Crippen LogP contribution in [-0.4, -0.2) is 16.6 Å². The van der Waals surface area contributed by atoms with Crippen LogP contribution >= 0.6 is 0 Å². The molecular formula is C16H15N3O. The van der Waals surface area contributed by atoms with Gasteiger partial charge in [0.15, 0.2) is 0 Å². The SMILES string of the molecule is CCOc1cccc2ncnc(Nc3ccccc3)c12. The monoisotopic (exact) mass is 265 g/mol. The van der Waals surface area contributed by atoms with E-state index in [4.69, 9.17) is 4.74 Å². The topological polar surface area (TPSA) is 47.0 Å². The minimum Gasteiger partial charge on any atom is -0.493 e. The number of nitrogens with zero attached hydrogens (tertiary/aromatic N) is 2. The van der Waals surface area contributed by atoms with Gasteiger partial charge in [0.1, 0.15) is 17.9 Å². The van der Waals surface area contributed by atoms with Crippen molar-refractivity contribution in [2.45, 2.75) is 6.92 Å².